The van der Waals surface area contributed by atoms with Gasteiger partial charge in [-0.05, 0) is 24.6 Å². The molecule has 7 heteroatoms. The van der Waals surface area contributed by atoms with Crippen molar-refractivity contribution in [2.45, 2.75) is 13.3 Å². The first-order valence-electron chi connectivity index (χ1n) is 5.77. The maximum atomic E-state index is 12.2. The molecule has 0 fully saturated rings. The molecule has 0 radical (unpaired) electrons. The van der Waals surface area contributed by atoms with Crippen molar-refractivity contribution < 1.29 is 20.2 Å². The molecule has 1 amide bonds. The van der Waals surface area contributed by atoms with Crippen LogP contribution in [0.4, 0.5) is 0 Å². The first-order valence-corrected chi connectivity index (χ1v) is 5.77. The van der Waals surface area contributed by atoms with E-state index in [2.05, 4.69) is 5.16 Å². The maximum Gasteiger partial charge on any atom is 0.254 e. The lowest BCUT2D eigenvalue weighted by molar-refractivity contribution is 0.0777. The molecule has 19 heavy (non-hydrogen) atoms. The van der Waals surface area contributed by atoms with Crippen molar-refractivity contribution in [3.63, 3.8) is 0 Å². The molecule has 0 unspecified atom stereocenters. The number of rotatable bonds is 5. The van der Waals surface area contributed by atoms with Crippen molar-refractivity contribution in [1.29, 1.82) is 0 Å². The topological polar surface area (TPSA) is 119 Å². The Morgan fingerprint density at radius 3 is 2.58 bits per heavy atom. The van der Waals surface area contributed by atoms with E-state index in [1.807, 2.05) is 6.92 Å². The number of carbonyl (C=O) groups is 1. The molecule has 0 aliphatic heterocycles. The molecule has 0 aromatic heterocycles. The lowest BCUT2D eigenvalue weighted by Gasteiger charge is -2.21. The molecule has 1 aromatic carbocycles. The number of hydrogen-bond acceptors (Lipinski definition) is 5. The van der Waals surface area contributed by atoms with Crippen LogP contribution >= 0.6 is 0 Å². The van der Waals surface area contributed by atoms with Crippen LogP contribution in [-0.4, -0.2) is 45.2 Å². The fraction of sp³-hybridized carbons (Fsp3) is 0.333. The van der Waals surface area contributed by atoms with Crippen LogP contribution < -0.4 is 5.73 Å². The Labute approximate surface area is 110 Å². The van der Waals surface area contributed by atoms with Crippen molar-refractivity contribution in [2.75, 3.05) is 13.1 Å². The average molecular weight is 267 g/mol. The highest BCUT2D eigenvalue weighted by Gasteiger charge is 2.17. The minimum Gasteiger partial charge on any atom is -0.504 e. The molecule has 0 spiro atoms. The Kier molecular flexibility index (Phi) is 4.99. The van der Waals surface area contributed by atoms with E-state index in [9.17, 15) is 15.0 Å². The number of carbonyl (C=O) groups excluding carboxylic acids is 1. The molecule has 1 aromatic rings. The highest BCUT2D eigenvalue weighted by molar-refractivity contribution is 5.97. The van der Waals surface area contributed by atoms with Gasteiger partial charge in [0.25, 0.3) is 5.91 Å². The van der Waals surface area contributed by atoms with Crippen LogP contribution in [0.5, 0.6) is 11.5 Å². The largest absolute Gasteiger partial charge is 0.504 e. The summed E-state index contributed by atoms with van der Waals surface area (Å²) in [6.07, 6.45) is 0.703. The monoisotopic (exact) mass is 267 g/mol. The zero-order chi connectivity index (χ0) is 14.4. The number of nitrogens with zero attached hydrogens (tertiary/aromatic N) is 2. The second-order valence-corrected chi connectivity index (χ2v) is 4.02. The Bertz CT molecular complexity index is 488. The zero-order valence-electron chi connectivity index (χ0n) is 10.6. The third kappa shape index (κ3) is 3.77. The van der Waals surface area contributed by atoms with Gasteiger partial charge in [0, 0.05) is 12.1 Å². The van der Waals surface area contributed by atoms with Crippen molar-refractivity contribution in [3.05, 3.63) is 23.8 Å². The van der Waals surface area contributed by atoms with Gasteiger partial charge in [0.1, 0.15) is 0 Å². The summed E-state index contributed by atoms with van der Waals surface area (Å²) in [4.78, 5) is 13.6. The summed E-state index contributed by atoms with van der Waals surface area (Å²) in [5.41, 5.74) is 5.61. The van der Waals surface area contributed by atoms with Crippen LogP contribution in [0.3, 0.4) is 0 Å². The second-order valence-electron chi connectivity index (χ2n) is 4.02. The molecule has 5 N–H and O–H groups in total. The van der Waals surface area contributed by atoms with Crippen LogP contribution in [0.1, 0.15) is 23.7 Å². The van der Waals surface area contributed by atoms with Crippen LogP contribution in [0.15, 0.2) is 23.4 Å². The molecule has 0 saturated carbocycles. The average Bonchev–Trinajstić information content (AvgIpc) is 2.40. The minimum absolute atomic E-state index is 0.00912. The van der Waals surface area contributed by atoms with Gasteiger partial charge >= 0.3 is 0 Å². The number of nitrogens with two attached hydrogens (primary N) is 1. The fourth-order valence-electron chi connectivity index (χ4n) is 1.59. The third-order valence-electron chi connectivity index (χ3n) is 2.48. The van der Waals surface area contributed by atoms with Gasteiger partial charge in [-0.3, -0.25) is 4.79 Å². The number of benzene rings is 1. The Balaban J connectivity index is 2.95. The molecule has 0 atom stereocenters. The van der Waals surface area contributed by atoms with Gasteiger partial charge in [0.05, 0.1) is 6.54 Å². The number of oxime groups is 1. The molecule has 0 heterocycles. The van der Waals surface area contributed by atoms with Crippen LogP contribution in [0.25, 0.3) is 0 Å². The molecular weight excluding hydrogens is 250 g/mol. The van der Waals surface area contributed by atoms with Gasteiger partial charge in [-0.15, -0.1) is 0 Å². The quantitative estimate of drug-likeness (QED) is 0.206. The van der Waals surface area contributed by atoms with E-state index >= 15 is 0 Å². The van der Waals surface area contributed by atoms with Crippen molar-refractivity contribution in [2.24, 2.45) is 10.9 Å². The summed E-state index contributed by atoms with van der Waals surface area (Å²) in [6, 6.07) is 3.80. The van der Waals surface area contributed by atoms with Crippen molar-refractivity contribution in [3.8, 4) is 11.5 Å². The summed E-state index contributed by atoms with van der Waals surface area (Å²) in [5, 5.41) is 29.9. The first-order chi connectivity index (χ1) is 8.99. The molecule has 0 aliphatic carbocycles. The molecule has 0 bridgehead atoms. The molecule has 104 valence electrons. The van der Waals surface area contributed by atoms with Gasteiger partial charge in [-0.1, -0.05) is 12.1 Å². The number of amidine groups is 1. The summed E-state index contributed by atoms with van der Waals surface area (Å²) >= 11 is 0. The number of hydrogen-bond donors (Lipinski definition) is 4. The third-order valence-corrected chi connectivity index (χ3v) is 2.48. The van der Waals surface area contributed by atoms with Crippen LogP contribution in [0.2, 0.25) is 0 Å². The van der Waals surface area contributed by atoms with Gasteiger partial charge in [-0.2, -0.15) is 0 Å². The number of amides is 1. The fourth-order valence-corrected chi connectivity index (χ4v) is 1.59. The lowest BCUT2D eigenvalue weighted by Crippen LogP contribution is -2.39. The lowest BCUT2D eigenvalue weighted by atomic mass is 10.1. The van der Waals surface area contributed by atoms with E-state index in [0.717, 1.165) is 0 Å². The number of phenols is 2. The normalized spacial score (nSPS) is 11.3. The first kappa shape index (κ1) is 14.6. The van der Waals surface area contributed by atoms with Gasteiger partial charge in [0.2, 0.25) is 0 Å². The SMILES string of the molecule is CCCN(C/C(N)=N/O)C(=O)c1ccc(O)c(O)c1. The van der Waals surface area contributed by atoms with Crippen molar-refractivity contribution in [1.82, 2.24) is 4.90 Å². The molecule has 0 saturated heterocycles. The summed E-state index contributed by atoms with van der Waals surface area (Å²) in [6.45, 7) is 2.31. The van der Waals surface area contributed by atoms with E-state index in [4.69, 9.17) is 10.9 Å². The summed E-state index contributed by atoms with van der Waals surface area (Å²) in [7, 11) is 0. The number of phenolic OH excluding ortho intramolecular Hbond substituents is 2. The summed E-state index contributed by atoms with van der Waals surface area (Å²) in [5.74, 6) is -1.12. The van der Waals surface area contributed by atoms with E-state index in [1.54, 1.807) is 0 Å². The molecular formula is C12H17N3O4. The van der Waals surface area contributed by atoms with Crippen molar-refractivity contribution >= 4 is 11.7 Å². The Morgan fingerprint density at radius 2 is 2.05 bits per heavy atom. The predicted octanol–water partition coefficient (Wildman–Crippen LogP) is 0.696. The van der Waals surface area contributed by atoms with E-state index in [-0.39, 0.29) is 35.4 Å². The summed E-state index contributed by atoms with van der Waals surface area (Å²) < 4.78 is 0. The highest BCUT2D eigenvalue weighted by Crippen LogP contribution is 2.25. The predicted molar refractivity (Wildman–Crippen MR) is 69.4 cm³/mol. The number of aromatic hydroxyl groups is 2. The molecule has 1 rings (SSSR count). The smallest absolute Gasteiger partial charge is 0.254 e. The second kappa shape index (κ2) is 6.48. The zero-order valence-corrected chi connectivity index (χ0v) is 10.6. The molecule has 7 nitrogen and oxygen atoms in total. The Hall–Kier alpha value is -2.44. The van der Waals surface area contributed by atoms with Gasteiger partial charge in [0.15, 0.2) is 17.3 Å². The van der Waals surface area contributed by atoms with E-state index < -0.39 is 0 Å². The van der Waals surface area contributed by atoms with Gasteiger partial charge in [-0.25, -0.2) is 0 Å². The highest BCUT2D eigenvalue weighted by atomic mass is 16.4. The van der Waals surface area contributed by atoms with E-state index in [1.165, 1.54) is 23.1 Å². The standard InChI is InChI=1S/C12H17N3O4/c1-2-5-15(7-11(13)14-19)12(18)8-3-4-9(16)10(17)6-8/h3-4,6,16-17,19H,2,5,7H2,1H3,(H2,13,14). The Morgan fingerprint density at radius 1 is 1.37 bits per heavy atom. The maximum absolute atomic E-state index is 12.2. The van der Waals surface area contributed by atoms with Crippen LogP contribution in [-0.2, 0) is 0 Å². The van der Waals surface area contributed by atoms with Gasteiger partial charge < -0.3 is 26.1 Å². The minimum atomic E-state index is -0.372. The van der Waals surface area contributed by atoms with E-state index in [0.29, 0.717) is 13.0 Å². The molecule has 0 aliphatic rings. The van der Waals surface area contributed by atoms with Crippen LogP contribution in [0, 0.1) is 0 Å².